The van der Waals surface area contributed by atoms with E-state index in [9.17, 15) is 18.0 Å². The van der Waals surface area contributed by atoms with E-state index in [1.807, 2.05) is 0 Å². The summed E-state index contributed by atoms with van der Waals surface area (Å²) in [6, 6.07) is -0.790. The van der Waals surface area contributed by atoms with Crippen molar-refractivity contribution in [3.8, 4) is 0 Å². The van der Waals surface area contributed by atoms with Crippen LogP contribution in [0.3, 0.4) is 0 Å². The molecule has 9 heteroatoms. The SMILES string of the molecule is CCCN(C1COCC1C(=O)O)S(=O)(=O)CC(=O)OCC. The Balaban J connectivity index is 2.94. The third-order valence-electron chi connectivity index (χ3n) is 3.14. The average molecular weight is 323 g/mol. The van der Waals surface area contributed by atoms with Crippen LogP contribution in [0, 0.1) is 5.92 Å². The Kier molecular flexibility index (Phi) is 6.56. The number of carboxylic acids is 1. The number of rotatable bonds is 8. The number of aliphatic carboxylic acids is 1. The van der Waals surface area contributed by atoms with Crippen molar-refractivity contribution in [1.29, 1.82) is 0 Å². The average Bonchev–Trinajstić information content (AvgIpc) is 2.84. The van der Waals surface area contributed by atoms with Gasteiger partial charge in [0.15, 0.2) is 5.75 Å². The first-order valence-corrected chi connectivity index (χ1v) is 8.40. The molecule has 0 saturated carbocycles. The van der Waals surface area contributed by atoms with E-state index in [4.69, 9.17) is 9.84 Å². The highest BCUT2D eigenvalue weighted by Gasteiger charge is 2.43. The number of esters is 1. The Morgan fingerprint density at radius 1 is 1.33 bits per heavy atom. The summed E-state index contributed by atoms with van der Waals surface area (Å²) in [6.45, 7) is 3.57. The number of sulfonamides is 1. The lowest BCUT2D eigenvalue weighted by Gasteiger charge is -2.28. The molecule has 21 heavy (non-hydrogen) atoms. The van der Waals surface area contributed by atoms with E-state index in [0.717, 1.165) is 4.31 Å². The van der Waals surface area contributed by atoms with Gasteiger partial charge in [-0.3, -0.25) is 9.59 Å². The molecule has 1 N–H and O–H groups in total. The van der Waals surface area contributed by atoms with Crippen LogP contribution in [-0.4, -0.2) is 67.9 Å². The van der Waals surface area contributed by atoms with E-state index >= 15 is 0 Å². The third-order valence-corrected chi connectivity index (χ3v) is 4.91. The molecule has 2 atom stereocenters. The van der Waals surface area contributed by atoms with Gasteiger partial charge in [-0.1, -0.05) is 6.92 Å². The summed E-state index contributed by atoms with van der Waals surface area (Å²) < 4.78 is 35.5. The van der Waals surface area contributed by atoms with E-state index in [1.165, 1.54) is 0 Å². The van der Waals surface area contributed by atoms with Crippen LogP contribution in [0.4, 0.5) is 0 Å². The summed E-state index contributed by atoms with van der Waals surface area (Å²) in [7, 11) is -3.94. The molecule has 0 radical (unpaired) electrons. The van der Waals surface area contributed by atoms with E-state index in [-0.39, 0.29) is 26.4 Å². The Hall–Kier alpha value is -1.19. The van der Waals surface area contributed by atoms with E-state index < -0.39 is 39.7 Å². The number of hydrogen-bond acceptors (Lipinski definition) is 6. The minimum Gasteiger partial charge on any atom is -0.481 e. The molecular formula is C12H21NO7S. The van der Waals surface area contributed by atoms with Crippen molar-refractivity contribution in [2.45, 2.75) is 26.3 Å². The summed E-state index contributed by atoms with van der Waals surface area (Å²) in [6.07, 6.45) is 0.505. The lowest BCUT2D eigenvalue weighted by Crippen LogP contribution is -2.48. The summed E-state index contributed by atoms with van der Waals surface area (Å²) in [5.74, 6) is -3.66. The quantitative estimate of drug-likeness (QED) is 0.610. The summed E-state index contributed by atoms with van der Waals surface area (Å²) in [5.41, 5.74) is 0. The monoisotopic (exact) mass is 323 g/mol. The second-order valence-electron chi connectivity index (χ2n) is 4.72. The molecular weight excluding hydrogens is 302 g/mol. The zero-order valence-electron chi connectivity index (χ0n) is 12.1. The lowest BCUT2D eigenvalue weighted by molar-refractivity contribution is -0.142. The first-order valence-electron chi connectivity index (χ1n) is 6.79. The van der Waals surface area contributed by atoms with E-state index in [2.05, 4.69) is 4.74 Å². The fourth-order valence-corrected chi connectivity index (χ4v) is 3.86. The molecule has 1 aliphatic heterocycles. The Bertz CT molecular complexity index is 476. The van der Waals surface area contributed by atoms with Crippen molar-refractivity contribution in [3.05, 3.63) is 0 Å². The molecule has 1 heterocycles. The van der Waals surface area contributed by atoms with Crippen molar-refractivity contribution in [1.82, 2.24) is 4.31 Å². The van der Waals surface area contributed by atoms with Gasteiger partial charge in [0.25, 0.3) is 0 Å². The van der Waals surface area contributed by atoms with Gasteiger partial charge in [0.1, 0.15) is 0 Å². The number of ether oxygens (including phenoxy) is 2. The van der Waals surface area contributed by atoms with Gasteiger partial charge in [0, 0.05) is 6.54 Å². The first-order chi connectivity index (χ1) is 9.83. The van der Waals surface area contributed by atoms with Gasteiger partial charge in [0.2, 0.25) is 10.0 Å². The molecule has 0 aliphatic carbocycles. The molecule has 1 rings (SSSR count). The van der Waals surface area contributed by atoms with Crippen LogP contribution in [-0.2, 0) is 29.1 Å². The summed E-state index contributed by atoms with van der Waals surface area (Å²) in [4.78, 5) is 22.6. The van der Waals surface area contributed by atoms with Crippen LogP contribution < -0.4 is 0 Å². The van der Waals surface area contributed by atoms with Crippen molar-refractivity contribution in [3.63, 3.8) is 0 Å². The minimum atomic E-state index is -3.94. The van der Waals surface area contributed by atoms with Crippen LogP contribution >= 0.6 is 0 Å². The predicted molar refractivity (Wildman–Crippen MR) is 73.1 cm³/mol. The number of nitrogens with zero attached hydrogens (tertiary/aromatic N) is 1. The lowest BCUT2D eigenvalue weighted by atomic mass is 10.0. The standard InChI is InChI=1S/C12H21NO7S/c1-3-5-13(10-7-19-6-9(10)12(15)16)21(17,18)8-11(14)20-4-2/h9-10H,3-8H2,1-2H3,(H,15,16). The number of carboxylic acid groups (broad SMARTS) is 1. The van der Waals surface area contributed by atoms with Crippen molar-refractivity contribution < 1.29 is 32.6 Å². The second-order valence-corrected chi connectivity index (χ2v) is 6.64. The van der Waals surface area contributed by atoms with Crippen molar-refractivity contribution in [2.75, 3.05) is 32.1 Å². The van der Waals surface area contributed by atoms with Gasteiger partial charge < -0.3 is 14.6 Å². The highest BCUT2D eigenvalue weighted by Crippen LogP contribution is 2.23. The number of carbonyl (C=O) groups excluding carboxylic acids is 1. The summed E-state index contributed by atoms with van der Waals surface area (Å²) in [5, 5.41) is 9.14. The maximum absolute atomic E-state index is 12.3. The van der Waals surface area contributed by atoms with Gasteiger partial charge in [-0.15, -0.1) is 0 Å². The molecule has 1 fully saturated rings. The normalized spacial score (nSPS) is 22.4. The van der Waals surface area contributed by atoms with E-state index in [0.29, 0.717) is 6.42 Å². The molecule has 8 nitrogen and oxygen atoms in total. The molecule has 0 amide bonds. The molecule has 0 aromatic rings. The molecule has 122 valence electrons. The maximum atomic E-state index is 12.3. The molecule has 1 saturated heterocycles. The maximum Gasteiger partial charge on any atom is 0.322 e. The zero-order valence-corrected chi connectivity index (χ0v) is 13.0. The molecule has 0 bridgehead atoms. The fourth-order valence-electron chi connectivity index (χ4n) is 2.23. The number of hydrogen-bond donors (Lipinski definition) is 1. The second kappa shape index (κ2) is 7.71. The van der Waals surface area contributed by atoms with Crippen LogP contribution in [0.5, 0.6) is 0 Å². The van der Waals surface area contributed by atoms with Crippen LogP contribution in [0.15, 0.2) is 0 Å². The summed E-state index contributed by atoms with van der Waals surface area (Å²) >= 11 is 0. The van der Waals surface area contributed by atoms with Gasteiger partial charge >= 0.3 is 11.9 Å². The van der Waals surface area contributed by atoms with Crippen molar-refractivity contribution >= 4 is 22.0 Å². The Morgan fingerprint density at radius 2 is 2.00 bits per heavy atom. The minimum absolute atomic E-state index is 0.0129. The van der Waals surface area contributed by atoms with Crippen LogP contribution in [0.2, 0.25) is 0 Å². The largest absolute Gasteiger partial charge is 0.481 e. The molecule has 1 aliphatic rings. The van der Waals surface area contributed by atoms with Gasteiger partial charge in [0.05, 0.1) is 31.8 Å². The van der Waals surface area contributed by atoms with Gasteiger partial charge in [-0.25, -0.2) is 8.42 Å². The highest BCUT2D eigenvalue weighted by atomic mass is 32.2. The topological polar surface area (TPSA) is 110 Å². The predicted octanol–water partition coefficient (Wildman–Crippen LogP) is -0.309. The Labute approximate surface area is 124 Å². The molecule has 0 aromatic heterocycles. The molecule has 2 unspecified atom stereocenters. The third kappa shape index (κ3) is 4.65. The first kappa shape index (κ1) is 17.9. The van der Waals surface area contributed by atoms with Crippen molar-refractivity contribution in [2.24, 2.45) is 5.92 Å². The Morgan fingerprint density at radius 3 is 2.52 bits per heavy atom. The molecule has 0 spiro atoms. The molecule has 0 aromatic carbocycles. The van der Waals surface area contributed by atoms with Gasteiger partial charge in [-0.05, 0) is 13.3 Å². The van der Waals surface area contributed by atoms with E-state index in [1.54, 1.807) is 13.8 Å². The smallest absolute Gasteiger partial charge is 0.322 e. The van der Waals surface area contributed by atoms with Gasteiger partial charge in [-0.2, -0.15) is 4.31 Å². The highest BCUT2D eigenvalue weighted by molar-refractivity contribution is 7.89. The fraction of sp³-hybridized carbons (Fsp3) is 0.833. The van der Waals surface area contributed by atoms with Crippen LogP contribution in [0.1, 0.15) is 20.3 Å². The van der Waals surface area contributed by atoms with Crippen LogP contribution in [0.25, 0.3) is 0 Å². The zero-order chi connectivity index (χ0) is 16.0. The number of carbonyl (C=O) groups is 2.